The lowest BCUT2D eigenvalue weighted by atomic mass is 9.97. The zero-order valence-corrected chi connectivity index (χ0v) is 18.5. The monoisotopic (exact) mass is 460 g/mol. The Morgan fingerprint density at radius 1 is 1.19 bits per heavy atom. The number of anilines is 1. The molecule has 1 aliphatic rings. The zero-order valence-electron chi connectivity index (χ0n) is 16.9. The van der Waals surface area contributed by atoms with Crippen molar-refractivity contribution in [3.05, 3.63) is 60.5 Å². The number of nitrogens with one attached hydrogen (secondary N) is 1. The molecule has 2 aromatic heterocycles. The van der Waals surface area contributed by atoms with E-state index in [1.165, 1.54) is 15.6 Å². The highest BCUT2D eigenvalue weighted by atomic mass is 32.2. The Balaban J connectivity index is 1.32. The first-order chi connectivity index (χ1) is 15.0. The van der Waals surface area contributed by atoms with E-state index in [9.17, 15) is 13.2 Å². The zero-order chi connectivity index (χ0) is 21.7. The van der Waals surface area contributed by atoms with Crippen molar-refractivity contribution in [2.45, 2.75) is 23.6 Å². The Hall–Kier alpha value is -2.69. The van der Waals surface area contributed by atoms with Gasteiger partial charge in [0.1, 0.15) is 16.6 Å². The molecule has 4 rings (SSSR count). The molecule has 31 heavy (non-hydrogen) atoms. The molecular formula is C21H24N4O4S2. The number of thiophene rings is 1. The Labute approximate surface area is 185 Å². The lowest BCUT2D eigenvalue weighted by molar-refractivity contribution is -0.120. The Morgan fingerprint density at radius 3 is 2.71 bits per heavy atom. The number of amides is 1. The number of benzene rings is 1. The molecule has 0 saturated carbocycles. The van der Waals surface area contributed by atoms with E-state index >= 15 is 0 Å². The minimum atomic E-state index is -3.47. The van der Waals surface area contributed by atoms with Gasteiger partial charge in [-0.2, -0.15) is 4.31 Å². The summed E-state index contributed by atoms with van der Waals surface area (Å²) in [6, 6.07) is 10.7. The van der Waals surface area contributed by atoms with Crippen molar-refractivity contribution in [2.24, 2.45) is 5.92 Å². The summed E-state index contributed by atoms with van der Waals surface area (Å²) in [6.45, 7) is 1.77. The van der Waals surface area contributed by atoms with Gasteiger partial charge in [0, 0.05) is 31.4 Å². The molecule has 0 aliphatic carbocycles. The first-order valence-corrected chi connectivity index (χ1v) is 12.4. The van der Waals surface area contributed by atoms with Gasteiger partial charge >= 0.3 is 0 Å². The number of ether oxygens (including phenoxy) is 1. The van der Waals surface area contributed by atoms with Crippen LogP contribution in [0.4, 0.5) is 5.69 Å². The summed E-state index contributed by atoms with van der Waals surface area (Å²) in [5.74, 6) is 0.251. The fraction of sp³-hybridized carbons (Fsp3) is 0.333. The molecule has 0 atom stereocenters. The van der Waals surface area contributed by atoms with Crippen molar-refractivity contribution in [1.82, 2.24) is 13.9 Å². The lowest BCUT2D eigenvalue weighted by Gasteiger charge is -2.30. The van der Waals surface area contributed by atoms with Gasteiger partial charge in [0.2, 0.25) is 5.91 Å². The van der Waals surface area contributed by atoms with Crippen LogP contribution in [0.2, 0.25) is 0 Å². The number of imidazole rings is 1. The second kappa shape index (κ2) is 9.63. The highest BCUT2D eigenvalue weighted by Crippen LogP contribution is 2.29. The van der Waals surface area contributed by atoms with Crippen LogP contribution in [0.5, 0.6) is 5.75 Å². The Kier molecular flexibility index (Phi) is 6.69. The summed E-state index contributed by atoms with van der Waals surface area (Å²) in [6.07, 6.45) is 6.27. The highest BCUT2D eigenvalue weighted by molar-refractivity contribution is 7.91. The highest BCUT2D eigenvalue weighted by Gasteiger charge is 2.32. The first-order valence-electron chi connectivity index (χ1n) is 10.1. The van der Waals surface area contributed by atoms with Gasteiger partial charge in [0.25, 0.3) is 10.0 Å². The second-order valence-corrected chi connectivity index (χ2v) is 10.4. The van der Waals surface area contributed by atoms with E-state index in [0.29, 0.717) is 54.7 Å². The van der Waals surface area contributed by atoms with E-state index in [4.69, 9.17) is 4.74 Å². The SMILES string of the molecule is O=C(Nc1ccccc1OCCn1ccnc1)C1CCN(S(=O)(=O)c2cccs2)CC1. The predicted molar refractivity (Wildman–Crippen MR) is 119 cm³/mol. The van der Waals surface area contributed by atoms with Gasteiger partial charge in [-0.3, -0.25) is 4.79 Å². The molecule has 1 fully saturated rings. The van der Waals surface area contributed by atoms with Crippen molar-refractivity contribution < 1.29 is 17.9 Å². The number of rotatable bonds is 8. The van der Waals surface area contributed by atoms with Gasteiger partial charge < -0.3 is 14.6 Å². The van der Waals surface area contributed by atoms with Crippen LogP contribution in [0.15, 0.2) is 64.7 Å². The Bertz CT molecular complexity index is 1090. The van der Waals surface area contributed by atoms with Crippen LogP contribution < -0.4 is 10.1 Å². The van der Waals surface area contributed by atoms with Gasteiger partial charge in [0.05, 0.1) is 18.6 Å². The maximum Gasteiger partial charge on any atom is 0.252 e. The third-order valence-corrected chi connectivity index (χ3v) is 8.50. The van der Waals surface area contributed by atoms with Crippen LogP contribution in [-0.2, 0) is 21.4 Å². The van der Waals surface area contributed by atoms with Gasteiger partial charge in [0.15, 0.2) is 0 Å². The molecule has 0 unspecified atom stereocenters. The molecule has 3 aromatic rings. The number of aromatic nitrogens is 2. The molecule has 0 bridgehead atoms. The summed E-state index contributed by atoms with van der Waals surface area (Å²) < 4.78 is 34.9. The fourth-order valence-corrected chi connectivity index (χ4v) is 6.12. The molecule has 8 nitrogen and oxygen atoms in total. The van der Waals surface area contributed by atoms with E-state index in [2.05, 4.69) is 10.3 Å². The normalized spacial score (nSPS) is 15.6. The first kappa shape index (κ1) is 21.5. The summed E-state index contributed by atoms with van der Waals surface area (Å²) in [5, 5.41) is 4.71. The van der Waals surface area contributed by atoms with Gasteiger partial charge in [-0.05, 0) is 36.4 Å². The molecule has 3 heterocycles. The van der Waals surface area contributed by atoms with Crippen LogP contribution in [0, 0.1) is 5.92 Å². The maximum atomic E-state index is 12.8. The average Bonchev–Trinajstić information content (AvgIpc) is 3.50. The quantitative estimate of drug-likeness (QED) is 0.558. The number of carbonyl (C=O) groups excluding carboxylic acids is 1. The largest absolute Gasteiger partial charge is 0.490 e. The van der Waals surface area contributed by atoms with Crippen molar-refractivity contribution >= 4 is 33.0 Å². The molecule has 1 amide bonds. The maximum absolute atomic E-state index is 12.8. The summed E-state index contributed by atoms with van der Waals surface area (Å²) in [5.41, 5.74) is 0.617. The van der Waals surface area contributed by atoms with Crippen LogP contribution in [0.3, 0.4) is 0 Å². The minimum Gasteiger partial charge on any atom is -0.490 e. The van der Waals surface area contributed by atoms with E-state index in [1.54, 1.807) is 36.1 Å². The third-order valence-electron chi connectivity index (χ3n) is 5.23. The van der Waals surface area contributed by atoms with E-state index in [1.807, 2.05) is 29.0 Å². The number of piperidine rings is 1. The average molecular weight is 461 g/mol. The van der Waals surface area contributed by atoms with Crippen molar-refractivity contribution in [1.29, 1.82) is 0 Å². The topological polar surface area (TPSA) is 93.5 Å². The van der Waals surface area contributed by atoms with Crippen molar-refractivity contribution in [2.75, 3.05) is 25.0 Å². The van der Waals surface area contributed by atoms with Crippen LogP contribution in [-0.4, -0.2) is 47.9 Å². The number of sulfonamides is 1. The van der Waals surface area contributed by atoms with Crippen LogP contribution in [0.1, 0.15) is 12.8 Å². The summed E-state index contributed by atoms with van der Waals surface area (Å²) in [7, 11) is -3.47. The number of para-hydroxylation sites is 2. The molecular weight excluding hydrogens is 436 g/mol. The molecule has 10 heteroatoms. The van der Waals surface area contributed by atoms with E-state index in [-0.39, 0.29) is 11.8 Å². The van der Waals surface area contributed by atoms with Gasteiger partial charge in [-0.15, -0.1) is 11.3 Å². The Morgan fingerprint density at radius 2 is 2.00 bits per heavy atom. The van der Waals surface area contributed by atoms with E-state index < -0.39 is 10.0 Å². The molecule has 1 aromatic carbocycles. The lowest BCUT2D eigenvalue weighted by Crippen LogP contribution is -2.41. The smallest absolute Gasteiger partial charge is 0.252 e. The number of nitrogens with zero attached hydrogens (tertiary/aromatic N) is 3. The molecule has 0 radical (unpaired) electrons. The van der Waals surface area contributed by atoms with E-state index in [0.717, 1.165) is 0 Å². The number of hydrogen-bond acceptors (Lipinski definition) is 6. The van der Waals surface area contributed by atoms with Crippen molar-refractivity contribution in [3.63, 3.8) is 0 Å². The van der Waals surface area contributed by atoms with Crippen LogP contribution >= 0.6 is 11.3 Å². The molecule has 1 saturated heterocycles. The summed E-state index contributed by atoms with van der Waals surface area (Å²) in [4.78, 5) is 16.8. The minimum absolute atomic E-state index is 0.112. The van der Waals surface area contributed by atoms with Gasteiger partial charge in [-0.25, -0.2) is 13.4 Å². The number of hydrogen-bond donors (Lipinski definition) is 1. The summed E-state index contributed by atoms with van der Waals surface area (Å²) >= 11 is 1.21. The fourth-order valence-electron chi connectivity index (χ4n) is 3.51. The van der Waals surface area contributed by atoms with Crippen LogP contribution in [0.25, 0.3) is 0 Å². The predicted octanol–water partition coefficient (Wildman–Crippen LogP) is 3.06. The molecule has 0 spiro atoms. The van der Waals surface area contributed by atoms with Gasteiger partial charge in [-0.1, -0.05) is 18.2 Å². The number of carbonyl (C=O) groups is 1. The third kappa shape index (κ3) is 5.15. The molecule has 164 valence electrons. The standard InChI is InChI=1S/C21H24N4O4S2/c26-21(17-7-10-25(11-8-17)31(27,28)20-6-3-15-30-20)23-18-4-1-2-5-19(18)29-14-13-24-12-9-22-16-24/h1-6,9,12,15-17H,7-8,10-11,13-14H2,(H,23,26). The second-order valence-electron chi connectivity index (χ2n) is 7.24. The molecule has 1 aliphatic heterocycles. The van der Waals surface area contributed by atoms with Crippen molar-refractivity contribution in [3.8, 4) is 5.75 Å². The molecule has 1 N–H and O–H groups in total.